The highest BCUT2D eigenvalue weighted by atomic mass is 35.5. The maximum absolute atomic E-state index is 13.2. The first-order valence-electron chi connectivity index (χ1n) is 7.84. The molecular weight excluding hydrogens is 355 g/mol. The largest absolute Gasteiger partial charge is 0.360 e. The number of nitrogens with one attached hydrogen (secondary N) is 1. The minimum absolute atomic E-state index is 0.0587. The molecule has 0 saturated heterocycles. The van der Waals surface area contributed by atoms with Gasteiger partial charge < -0.3 is 5.32 Å². The van der Waals surface area contributed by atoms with E-state index in [-0.39, 0.29) is 12.1 Å². The normalized spacial score (nSPS) is 16.3. The summed E-state index contributed by atoms with van der Waals surface area (Å²) in [7, 11) is 0. The highest BCUT2D eigenvalue weighted by Crippen LogP contribution is 2.37. The Kier molecular flexibility index (Phi) is 4.12. The van der Waals surface area contributed by atoms with E-state index in [4.69, 9.17) is 23.2 Å². The van der Waals surface area contributed by atoms with Crippen LogP contribution in [0.2, 0.25) is 10.0 Å². The van der Waals surface area contributed by atoms with E-state index in [2.05, 4.69) is 5.32 Å². The molecule has 3 aromatic rings. The quantitative estimate of drug-likeness (QED) is 0.623. The van der Waals surface area contributed by atoms with Crippen molar-refractivity contribution >= 4 is 40.5 Å². The average molecular weight is 369 g/mol. The second kappa shape index (κ2) is 6.43. The molecule has 0 fully saturated rings. The van der Waals surface area contributed by atoms with Crippen molar-refractivity contribution in [3.05, 3.63) is 94.0 Å². The molecule has 0 bridgehead atoms. The van der Waals surface area contributed by atoms with Gasteiger partial charge in [-0.2, -0.15) is 0 Å². The lowest BCUT2D eigenvalue weighted by Crippen LogP contribution is -2.43. The molecule has 0 aromatic heterocycles. The minimum Gasteiger partial charge on any atom is -0.360 e. The molecule has 0 unspecified atom stereocenters. The summed E-state index contributed by atoms with van der Waals surface area (Å²) in [5.74, 6) is -0.0587. The molecule has 0 aliphatic carbocycles. The first kappa shape index (κ1) is 16.0. The fraction of sp³-hybridized carbons (Fsp3) is 0.0500. The SMILES string of the molecule is O=C1c2ccccc2N[C@H](c2ccc(Cl)c(Cl)c2)N1c1ccccc1. The summed E-state index contributed by atoms with van der Waals surface area (Å²) >= 11 is 12.3. The number of hydrogen-bond donors (Lipinski definition) is 1. The number of carbonyl (C=O) groups is 1. The Morgan fingerprint density at radius 2 is 1.56 bits per heavy atom. The molecule has 5 heteroatoms. The van der Waals surface area contributed by atoms with E-state index in [9.17, 15) is 4.79 Å². The number of anilines is 2. The Morgan fingerprint density at radius 1 is 0.840 bits per heavy atom. The second-order valence-corrected chi connectivity index (χ2v) is 6.59. The Labute approximate surface area is 155 Å². The van der Waals surface area contributed by atoms with Gasteiger partial charge in [0.25, 0.3) is 5.91 Å². The number of hydrogen-bond acceptors (Lipinski definition) is 2. The van der Waals surface area contributed by atoms with Gasteiger partial charge in [0.2, 0.25) is 0 Å². The summed E-state index contributed by atoms with van der Waals surface area (Å²) in [4.78, 5) is 14.9. The zero-order valence-electron chi connectivity index (χ0n) is 13.1. The highest BCUT2D eigenvalue weighted by molar-refractivity contribution is 6.42. The molecule has 3 nitrogen and oxygen atoms in total. The van der Waals surface area contributed by atoms with Crippen LogP contribution in [-0.2, 0) is 0 Å². The maximum Gasteiger partial charge on any atom is 0.262 e. The maximum atomic E-state index is 13.2. The summed E-state index contributed by atoms with van der Waals surface area (Å²) in [6.07, 6.45) is -0.375. The van der Waals surface area contributed by atoms with Crippen LogP contribution in [0.1, 0.15) is 22.1 Å². The number of fused-ring (bicyclic) bond motifs is 1. The number of halogens is 2. The molecule has 1 amide bonds. The number of rotatable bonds is 2. The van der Waals surface area contributed by atoms with Gasteiger partial charge in [0.1, 0.15) is 6.17 Å². The standard InChI is InChI=1S/C20H14Cl2N2O/c21-16-11-10-13(12-17(16)22)19-23-18-9-5-4-8-15(18)20(25)24(19)14-6-2-1-3-7-14/h1-12,19,23H/t19-/m0/s1. The number of amides is 1. The van der Waals surface area contributed by atoms with Crippen LogP contribution in [0.4, 0.5) is 11.4 Å². The molecule has 3 aromatic carbocycles. The predicted molar refractivity (Wildman–Crippen MR) is 103 cm³/mol. The Hall–Kier alpha value is -2.49. The van der Waals surface area contributed by atoms with Crippen molar-refractivity contribution in [2.75, 3.05) is 10.2 Å². The molecule has 1 aliphatic rings. The van der Waals surface area contributed by atoms with E-state index in [0.717, 1.165) is 16.9 Å². The number of nitrogens with zero attached hydrogens (tertiary/aromatic N) is 1. The van der Waals surface area contributed by atoms with Gasteiger partial charge in [0.15, 0.2) is 0 Å². The molecule has 1 heterocycles. The second-order valence-electron chi connectivity index (χ2n) is 5.78. The lowest BCUT2D eigenvalue weighted by molar-refractivity contribution is 0.0975. The van der Waals surface area contributed by atoms with Crippen LogP contribution in [0.5, 0.6) is 0 Å². The Bertz CT molecular complexity index is 943. The lowest BCUT2D eigenvalue weighted by atomic mass is 10.0. The third-order valence-corrected chi connectivity index (χ3v) is 4.96. The zero-order valence-corrected chi connectivity index (χ0v) is 14.6. The fourth-order valence-corrected chi connectivity index (χ4v) is 3.33. The number of para-hydroxylation sites is 2. The summed E-state index contributed by atoms with van der Waals surface area (Å²) in [6.45, 7) is 0. The molecular formula is C20H14Cl2N2O. The first-order valence-corrected chi connectivity index (χ1v) is 8.60. The van der Waals surface area contributed by atoms with Crippen molar-refractivity contribution in [3.8, 4) is 0 Å². The van der Waals surface area contributed by atoms with E-state index >= 15 is 0 Å². The Balaban J connectivity index is 1.87. The lowest BCUT2D eigenvalue weighted by Gasteiger charge is -2.38. The summed E-state index contributed by atoms with van der Waals surface area (Å²) in [6, 6.07) is 22.5. The van der Waals surface area contributed by atoms with E-state index in [0.29, 0.717) is 15.6 Å². The van der Waals surface area contributed by atoms with Gasteiger partial charge in [-0.3, -0.25) is 9.69 Å². The van der Waals surface area contributed by atoms with Gasteiger partial charge in [-0.25, -0.2) is 0 Å². The van der Waals surface area contributed by atoms with E-state index in [1.807, 2.05) is 60.7 Å². The van der Waals surface area contributed by atoms with Crippen LogP contribution in [0, 0.1) is 0 Å². The van der Waals surface area contributed by atoms with Crippen LogP contribution < -0.4 is 10.2 Å². The van der Waals surface area contributed by atoms with Crippen molar-refractivity contribution in [1.82, 2.24) is 0 Å². The molecule has 0 radical (unpaired) electrons. The van der Waals surface area contributed by atoms with Crippen LogP contribution in [0.25, 0.3) is 0 Å². The van der Waals surface area contributed by atoms with E-state index in [1.165, 1.54) is 0 Å². The smallest absolute Gasteiger partial charge is 0.262 e. The first-order chi connectivity index (χ1) is 12.1. The topological polar surface area (TPSA) is 32.3 Å². The van der Waals surface area contributed by atoms with Gasteiger partial charge in [-0.1, -0.05) is 59.6 Å². The predicted octanol–water partition coefficient (Wildman–Crippen LogP) is 5.76. The monoisotopic (exact) mass is 368 g/mol. The molecule has 124 valence electrons. The minimum atomic E-state index is -0.375. The molecule has 25 heavy (non-hydrogen) atoms. The van der Waals surface area contributed by atoms with Crippen LogP contribution in [0.15, 0.2) is 72.8 Å². The van der Waals surface area contributed by atoms with Gasteiger partial charge in [-0.15, -0.1) is 0 Å². The third-order valence-electron chi connectivity index (χ3n) is 4.22. The van der Waals surface area contributed by atoms with Gasteiger partial charge in [0, 0.05) is 11.4 Å². The fourth-order valence-electron chi connectivity index (χ4n) is 3.02. The van der Waals surface area contributed by atoms with Crippen molar-refractivity contribution in [3.63, 3.8) is 0 Å². The van der Waals surface area contributed by atoms with Gasteiger partial charge in [-0.05, 0) is 42.0 Å². The molecule has 0 spiro atoms. The van der Waals surface area contributed by atoms with Gasteiger partial charge >= 0.3 is 0 Å². The average Bonchev–Trinajstić information content (AvgIpc) is 2.64. The van der Waals surface area contributed by atoms with Crippen LogP contribution >= 0.6 is 23.2 Å². The summed E-state index contributed by atoms with van der Waals surface area (Å²) in [5.41, 5.74) is 3.12. The Morgan fingerprint density at radius 3 is 2.32 bits per heavy atom. The molecule has 1 aliphatic heterocycles. The third kappa shape index (κ3) is 2.86. The van der Waals surface area contributed by atoms with E-state index in [1.54, 1.807) is 17.0 Å². The number of carbonyl (C=O) groups excluding carboxylic acids is 1. The zero-order chi connectivity index (χ0) is 17.4. The molecule has 1 N–H and O–H groups in total. The molecule has 0 saturated carbocycles. The molecule has 4 rings (SSSR count). The van der Waals surface area contributed by atoms with E-state index < -0.39 is 0 Å². The summed E-state index contributed by atoms with van der Waals surface area (Å²) < 4.78 is 0. The van der Waals surface area contributed by atoms with Gasteiger partial charge in [0.05, 0.1) is 15.6 Å². The van der Waals surface area contributed by atoms with Crippen LogP contribution in [-0.4, -0.2) is 5.91 Å². The van der Waals surface area contributed by atoms with Crippen molar-refractivity contribution < 1.29 is 4.79 Å². The number of benzene rings is 3. The summed E-state index contributed by atoms with van der Waals surface area (Å²) in [5, 5.41) is 4.39. The van der Waals surface area contributed by atoms with Crippen molar-refractivity contribution in [2.24, 2.45) is 0 Å². The van der Waals surface area contributed by atoms with Crippen molar-refractivity contribution in [2.45, 2.75) is 6.17 Å². The highest BCUT2D eigenvalue weighted by Gasteiger charge is 2.34. The molecule has 1 atom stereocenters. The van der Waals surface area contributed by atoms with Crippen molar-refractivity contribution in [1.29, 1.82) is 0 Å². The van der Waals surface area contributed by atoms with Crippen LogP contribution in [0.3, 0.4) is 0 Å².